The summed E-state index contributed by atoms with van der Waals surface area (Å²) in [5.41, 5.74) is 0. The Hall–Kier alpha value is -1.68. The van der Waals surface area contributed by atoms with E-state index < -0.39 is 20.8 Å². The third-order valence-corrected chi connectivity index (χ3v) is 3.30. The molecule has 16 heavy (non-hydrogen) atoms. The number of fused-ring (bicyclic) bond motifs is 3. The maximum Gasteiger partial charge on any atom is 0.501 e. The number of hydrogen-bond donors (Lipinski definition) is 0. The van der Waals surface area contributed by atoms with E-state index in [0.717, 1.165) is 0 Å². The number of hydrogen-bond acceptors (Lipinski definition) is 8. The number of rotatable bonds is 0. The third-order valence-electron chi connectivity index (χ3n) is 1.79. The summed E-state index contributed by atoms with van der Waals surface area (Å²) in [5.74, 6) is -0.976. The molecule has 0 spiro atoms. The van der Waals surface area contributed by atoms with Crippen molar-refractivity contribution in [2.24, 2.45) is 0 Å². The van der Waals surface area contributed by atoms with Gasteiger partial charge in [-0.05, 0) is 12.1 Å². The molecule has 0 bridgehead atoms. The largest absolute Gasteiger partial charge is 0.501 e. The van der Waals surface area contributed by atoms with E-state index in [9.17, 15) is 16.8 Å². The van der Waals surface area contributed by atoms with E-state index in [1.807, 2.05) is 0 Å². The molecular formula is C6H2O8S2. The zero-order valence-electron chi connectivity index (χ0n) is 7.24. The third kappa shape index (κ3) is 1.27. The normalized spacial score (nSPS) is 22.0. The topological polar surface area (TPSA) is 105 Å². The Morgan fingerprint density at radius 1 is 0.688 bits per heavy atom. The molecule has 0 saturated heterocycles. The second-order valence-corrected chi connectivity index (χ2v) is 5.17. The van der Waals surface area contributed by atoms with Gasteiger partial charge in [-0.25, -0.2) is 0 Å². The molecular weight excluding hydrogens is 264 g/mol. The van der Waals surface area contributed by atoms with Crippen LogP contribution >= 0.6 is 0 Å². The Morgan fingerprint density at radius 2 is 1.06 bits per heavy atom. The first-order chi connectivity index (χ1) is 7.36. The van der Waals surface area contributed by atoms with Gasteiger partial charge in [0.1, 0.15) is 0 Å². The minimum atomic E-state index is -4.19. The molecule has 0 amide bonds. The highest BCUT2D eigenvalue weighted by Crippen LogP contribution is 2.51. The molecule has 3 rings (SSSR count). The molecule has 1 aromatic rings. The summed E-state index contributed by atoms with van der Waals surface area (Å²) in [6.45, 7) is 0. The van der Waals surface area contributed by atoms with Gasteiger partial charge >= 0.3 is 20.8 Å². The van der Waals surface area contributed by atoms with Crippen molar-refractivity contribution in [2.75, 3.05) is 0 Å². The second-order valence-electron chi connectivity index (χ2n) is 2.87. The van der Waals surface area contributed by atoms with Crippen molar-refractivity contribution in [3.63, 3.8) is 0 Å². The monoisotopic (exact) mass is 266 g/mol. The first-order valence-electron chi connectivity index (χ1n) is 3.81. The van der Waals surface area contributed by atoms with Gasteiger partial charge in [-0.2, -0.15) is 0 Å². The average Bonchev–Trinajstić information content (AvgIpc) is 2.58. The van der Waals surface area contributed by atoms with Gasteiger partial charge in [0, 0.05) is 0 Å². The second kappa shape index (κ2) is 2.52. The molecule has 0 N–H and O–H groups in total. The van der Waals surface area contributed by atoms with Gasteiger partial charge in [0.05, 0.1) is 0 Å². The Balaban J connectivity index is 2.23. The van der Waals surface area contributed by atoms with Gasteiger partial charge in [-0.3, -0.25) is 0 Å². The minimum Gasteiger partial charge on any atom is -0.349 e. The standard InChI is InChI=1S/C6H2O8S2/c7-15(8)11-3-1-2-4-6(5(3)13-15)14-16(9,10)12-4/h1-2H. The van der Waals surface area contributed by atoms with Crippen LogP contribution in [-0.2, 0) is 20.8 Å². The first-order valence-corrected chi connectivity index (χ1v) is 6.48. The zero-order chi connectivity index (χ0) is 11.6. The summed E-state index contributed by atoms with van der Waals surface area (Å²) in [7, 11) is -8.39. The summed E-state index contributed by atoms with van der Waals surface area (Å²) in [4.78, 5) is 0. The quantitative estimate of drug-likeness (QED) is 0.631. The lowest BCUT2D eigenvalue weighted by molar-refractivity contribution is 0.421. The Labute approximate surface area is 90.0 Å². The SMILES string of the molecule is O=S1(=O)Oc2ccc3c(c2O1)OS(=O)(=O)O3. The van der Waals surface area contributed by atoms with Gasteiger partial charge in [0.15, 0.2) is 11.5 Å². The van der Waals surface area contributed by atoms with E-state index in [4.69, 9.17) is 0 Å². The van der Waals surface area contributed by atoms with Crippen LogP contribution in [-0.4, -0.2) is 16.8 Å². The highest BCUT2D eigenvalue weighted by molar-refractivity contribution is 7.83. The fourth-order valence-corrected chi connectivity index (χ4v) is 2.77. The minimum absolute atomic E-state index is 0.153. The van der Waals surface area contributed by atoms with Crippen molar-refractivity contribution in [3.05, 3.63) is 12.1 Å². The zero-order valence-corrected chi connectivity index (χ0v) is 8.87. The molecule has 2 aliphatic heterocycles. The molecule has 1 aromatic carbocycles. The first kappa shape index (κ1) is 9.54. The van der Waals surface area contributed by atoms with Crippen LogP contribution in [0.15, 0.2) is 12.1 Å². The van der Waals surface area contributed by atoms with Crippen molar-refractivity contribution in [1.29, 1.82) is 0 Å². The molecule has 2 heterocycles. The summed E-state index contributed by atoms with van der Waals surface area (Å²) in [6, 6.07) is 2.39. The van der Waals surface area contributed by atoms with Crippen LogP contribution in [0.2, 0.25) is 0 Å². The molecule has 2 aliphatic rings. The van der Waals surface area contributed by atoms with Crippen molar-refractivity contribution in [2.45, 2.75) is 0 Å². The van der Waals surface area contributed by atoms with E-state index in [1.54, 1.807) is 0 Å². The van der Waals surface area contributed by atoms with Crippen LogP contribution in [0.4, 0.5) is 0 Å². The summed E-state index contributed by atoms with van der Waals surface area (Å²) in [5, 5.41) is 0. The Bertz CT molecular complexity index is 624. The van der Waals surface area contributed by atoms with Crippen LogP contribution < -0.4 is 16.7 Å². The molecule has 0 radical (unpaired) electrons. The van der Waals surface area contributed by atoms with E-state index in [1.165, 1.54) is 12.1 Å². The predicted octanol–water partition coefficient (Wildman–Crippen LogP) is -0.281. The van der Waals surface area contributed by atoms with E-state index in [-0.39, 0.29) is 23.0 Å². The molecule has 0 aromatic heterocycles. The van der Waals surface area contributed by atoms with Crippen molar-refractivity contribution < 1.29 is 33.6 Å². The molecule has 10 heteroatoms. The van der Waals surface area contributed by atoms with E-state index >= 15 is 0 Å². The number of benzene rings is 1. The summed E-state index contributed by atoms with van der Waals surface area (Å²) < 4.78 is 61.5. The molecule has 0 unspecified atom stereocenters. The van der Waals surface area contributed by atoms with Crippen molar-refractivity contribution in [3.8, 4) is 23.0 Å². The highest BCUT2D eigenvalue weighted by atomic mass is 32.3. The van der Waals surface area contributed by atoms with E-state index in [2.05, 4.69) is 16.7 Å². The lowest BCUT2D eigenvalue weighted by atomic mass is 10.3. The van der Waals surface area contributed by atoms with Gasteiger partial charge in [-0.15, -0.1) is 16.8 Å². The van der Waals surface area contributed by atoms with Crippen LogP contribution in [0.5, 0.6) is 23.0 Å². The van der Waals surface area contributed by atoms with Gasteiger partial charge in [-0.1, -0.05) is 0 Å². The fraction of sp³-hybridized carbons (Fsp3) is 0. The highest BCUT2D eigenvalue weighted by Gasteiger charge is 2.40. The van der Waals surface area contributed by atoms with Crippen LogP contribution in [0.3, 0.4) is 0 Å². The van der Waals surface area contributed by atoms with Gasteiger partial charge < -0.3 is 16.7 Å². The average molecular weight is 266 g/mol. The molecule has 86 valence electrons. The van der Waals surface area contributed by atoms with Crippen LogP contribution in [0.25, 0.3) is 0 Å². The molecule has 0 saturated carbocycles. The molecule has 0 fully saturated rings. The van der Waals surface area contributed by atoms with Crippen LogP contribution in [0.1, 0.15) is 0 Å². The Morgan fingerprint density at radius 3 is 1.44 bits per heavy atom. The fourth-order valence-electron chi connectivity index (χ4n) is 1.27. The van der Waals surface area contributed by atoms with Crippen LogP contribution in [0, 0.1) is 0 Å². The van der Waals surface area contributed by atoms with Gasteiger partial charge in [0.2, 0.25) is 11.5 Å². The van der Waals surface area contributed by atoms with Gasteiger partial charge in [0.25, 0.3) is 0 Å². The predicted molar refractivity (Wildman–Crippen MR) is 46.8 cm³/mol. The smallest absolute Gasteiger partial charge is 0.349 e. The van der Waals surface area contributed by atoms with Crippen molar-refractivity contribution in [1.82, 2.24) is 0 Å². The summed E-state index contributed by atoms with van der Waals surface area (Å²) >= 11 is 0. The molecule has 8 nitrogen and oxygen atoms in total. The lowest BCUT2D eigenvalue weighted by Gasteiger charge is -1.95. The summed E-state index contributed by atoms with van der Waals surface area (Å²) in [6.07, 6.45) is 0. The molecule has 0 atom stereocenters. The maximum absolute atomic E-state index is 11.0. The maximum atomic E-state index is 11.0. The van der Waals surface area contributed by atoms with Crippen molar-refractivity contribution >= 4 is 20.8 Å². The van der Waals surface area contributed by atoms with E-state index in [0.29, 0.717) is 0 Å². The lowest BCUT2D eigenvalue weighted by Crippen LogP contribution is -2.09. The molecule has 0 aliphatic carbocycles. The Kier molecular flexibility index (Phi) is 1.50.